The third kappa shape index (κ3) is 5.38. The quantitative estimate of drug-likeness (QED) is 0.529. The highest BCUT2D eigenvalue weighted by Gasteiger charge is 2.22. The SMILES string of the molecule is Cc1cnn(CCNC(=O)NC(CC(=O)O)C(=O)O)c1. The van der Waals surface area contributed by atoms with Crippen molar-refractivity contribution in [3.05, 3.63) is 18.0 Å². The van der Waals surface area contributed by atoms with E-state index in [-0.39, 0.29) is 6.54 Å². The maximum atomic E-state index is 11.4. The van der Waals surface area contributed by atoms with Crippen LogP contribution in [0.2, 0.25) is 0 Å². The molecule has 1 heterocycles. The van der Waals surface area contributed by atoms with Crippen LogP contribution in [0.1, 0.15) is 12.0 Å². The first-order chi connectivity index (χ1) is 9.38. The topological polar surface area (TPSA) is 134 Å². The van der Waals surface area contributed by atoms with Crippen molar-refractivity contribution >= 4 is 18.0 Å². The molecular weight excluding hydrogens is 268 g/mol. The molecule has 0 saturated heterocycles. The van der Waals surface area contributed by atoms with Gasteiger partial charge >= 0.3 is 18.0 Å². The molecule has 1 unspecified atom stereocenters. The molecule has 0 aliphatic heterocycles. The van der Waals surface area contributed by atoms with E-state index < -0.39 is 30.4 Å². The first-order valence-electron chi connectivity index (χ1n) is 5.86. The summed E-state index contributed by atoms with van der Waals surface area (Å²) in [4.78, 5) is 32.6. The molecule has 0 spiro atoms. The number of nitrogens with one attached hydrogen (secondary N) is 2. The molecule has 0 aliphatic rings. The number of hydrogen-bond donors (Lipinski definition) is 4. The Hall–Kier alpha value is -2.58. The van der Waals surface area contributed by atoms with Gasteiger partial charge in [0.15, 0.2) is 0 Å². The number of aryl methyl sites for hydroxylation is 1. The van der Waals surface area contributed by atoms with Crippen LogP contribution in [0.4, 0.5) is 4.79 Å². The van der Waals surface area contributed by atoms with E-state index in [1.165, 1.54) is 0 Å². The fraction of sp³-hybridized carbons (Fsp3) is 0.455. The number of nitrogens with zero attached hydrogens (tertiary/aromatic N) is 2. The summed E-state index contributed by atoms with van der Waals surface area (Å²) in [5.41, 5.74) is 0.988. The van der Waals surface area contributed by atoms with Gasteiger partial charge in [-0.15, -0.1) is 0 Å². The Bertz CT molecular complexity index is 499. The van der Waals surface area contributed by atoms with Crippen LogP contribution in [0.25, 0.3) is 0 Å². The normalized spacial score (nSPS) is 11.7. The Kier molecular flexibility index (Phi) is 5.51. The van der Waals surface area contributed by atoms with Gasteiger partial charge < -0.3 is 20.8 Å². The number of hydrogen-bond acceptors (Lipinski definition) is 4. The van der Waals surface area contributed by atoms with Crippen molar-refractivity contribution in [3.63, 3.8) is 0 Å². The van der Waals surface area contributed by atoms with E-state index in [1.54, 1.807) is 17.1 Å². The van der Waals surface area contributed by atoms with Crippen LogP contribution >= 0.6 is 0 Å². The van der Waals surface area contributed by atoms with Gasteiger partial charge in [-0.05, 0) is 12.5 Å². The Morgan fingerprint density at radius 3 is 2.60 bits per heavy atom. The highest BCUT2D eigenvalue weighted by atomic mass is 16.4. The van der Waals surface area contributed by atoms with Gasteiger partial charge in [0.1, 0.15) is 6.04 Å². The molecule has 9 nitrogen and oxygen atoms in total. The van der Waals surface area contributed by atoms with Gasteiger partial charge in [0, 0.05) is 12.7 Å². The molecule has 1 aromatic heterocycles. The second kappa shape index (κ2) is 7.12. The van der Waals surface area contributed by atoms with Crippen LogP contribution in [0.3, 0.4) is 0 Å². The molecular formula is C11H16N4O5. The zero-order valence-corrected chi connectivity index (χ0v) is 10.9. The van der Waals surface area contributed by atoms with Gasteiger partial charge in [-0.2, -0.15) is 5.10 Å². The molecule has 4 N–H and O–H groups in total. The highest BCUT2D eigenvalue weighted by Crippen LogP contribution is 1.94. The van der Waals surface area contributed by atoms with Crippen LogP contribution in [0.15, 0.2) is 12.4 Å². The van der Waals surface area contributed by atoms with Gasteiger partial charge in [0.05, 0.1) is 19.2 Å². The van der Waals surface area contributed by atoms with Gasteiger partial charge in [-0.3, -0.25) is 9.48 Å². The maximum Gasteiger partial charge on any atom is 0.326 e. The lowest BCUT2D eigenvalue weighted by molar-refractivity contribution is -0.145. The van der Waals surface area contributed by atoms with Crippen molar-refractivity contribution in [2.75, 3.05) is 6.54 Å². The van der Waals surface area contributed by atoms with E-state index in [0.717, 1.165) is 5.56 Å². The first kappa shape index (κ1) is 15.5. The minimum Gasteiger partial charge on any atom is -0.481 e. The van der Waals surface area contributed by atoms with Gasteiger partial charge in [0.2, 0.25) is 0 Å². The third-order valence-electron chi connectivity index (χ3n) is 2.37. The number of carbonyl (C=O) groups excluding carboxylic acids is 1. The molecule has 0 bridgehead atoms. The molecule has 1 atom stereocenters. The summed E-state index contributed by atoms with van der Waals surface area (Å²) >= 11 is 0. The lowest BCUT2D eigenvalue weighted by atomic mass is 10.2. The molecule has 0 aliphatic carbocycles. The summed E-state index contributed by atoms with van der Waals surface area (Å²) < 4.78 is 1.63. The molecule has 0 radical (unpaired) electrons. The summed E-state index contributed by atoms with van der Waals surface area (Å²) in [6, 6.07) is -2.19. The van der Waals surface area contributed by atoms with Crippen molar-refractivity contribution < 1.29 is 24.6 Å². The molecule has 9 heteroatoms. The van der Waals surface area contributed by atoms with Gasteiger partial charge in [0.25, 0.3) is 0 Å². The minimum atomic E-state index is -1.46. The summed E-state index contributed by atoms with van der Waals surface area (Å²) in [6.07, 6.45) is 2.79. The molecule has 2 amide bonds. The Morgan fingerprint density at radius 1 is 1.40 bits per heavy atom. The summed E-state index contributed by atoms with van der Waals surface area (Å²) in [7, 11) is 0. The molecule has 1 rings (SSSR count). The van der Waals surface area contributed by atoms with E-state index in [0.29, 0.717) is 6.54 Å². The van der Waals surface area contributed by atoms with Crippen LogP contribution in [-0.2, 0) is 16.1 Å². The number of carboxylic acids is 2. The van der Waals surface area contributed by atoms with Crippen molar-refractivity contribution in [2.45, 2.75) is 25.9 Å². The van der Waals surface area contributed by atoms with Crippen LogP contribution in [0, 0.1) is 6.92 Å². The fourth-order valence-corrected chi connectivity index (χ4v) is 1.46. The van der Waals surface area contributed by atoms with Crippen LogP contribution in [0.5, 0.6) is 0 Å². The van der Waals surface area contributed by atoms with Gasteiger partial charge in [-0.25, -0.2) is 9.59 Å². The fourth-order valence-electron chi connectivity index (χ4n) is 1.46. The van der Waals surface area contributed by atoms with Crippen LogP contribution in [-0.4, -0.2) is 50.5 Å². The van der Waals surface area contributed by atoms with Crippen LogP contribution < -0.4 is 10.6 Å². The number of aromatic nitrogens is 2. The number of aliphatic carboxylic acids is 2. The Labute approximate surface area is 114 Å². The number of amides is 2. The molecule has 0 saturated carbocycles. The van der Waals surface area contributed by atoms with E-state index in [2.05, 4.69) is 15.7 Å². The third-order valence-corrected chi connectivity index (χ3v) is 2.37. The second-order valence-corrected chi connectivity index (χ2v) is 4.17. The average Bonchev–Trinajstić information content (AvgIpc) is 2.73. The molecule has 0 fully saturated rings. The molecule has 1 aromatic rings. The number of rotatable bonds is 7. The Balaban J connectivity index is 2.34. The standard InChI is InChI=1S/C11H16N4O5/c1-7-5-13-15(6-7)3-2-12-11(20)14-8(10(18)19)4-9(16)17/h5-6,8H,2-4H2,1H3,(H,16,17)(H,18,19)(H2,12,14,20). The number of carboxylic acid groups (broad SMARTS) is 2. The highest BCUT2D eigenvalue weighted by molar-refractivity contribution is 5.86. The van der Waals surface area contributed by atoms with Crippen molar-refractivity contribution in [3.8, 4) is 0 Å². The second-order valence-electron chi connectivity index (χ2n) is 4.17. The van der Waals surface area contributed by atoms with E-state index in [1.807, 2.05) is 6.92 Å². The molecule has 20 heavy (non-hydrogen) atoms. The van der Waals surface area contributed by atoms with E-state index in [4.69, 9.17) is 10.2 Å². The van der Waals surface area contributed by atoms with Crippen molar-refractivity contribution in [2.24, 2.45) is 0 Å². The zero-order chi connectivity index (χ0) is 15.1. The first-order valence-corrected chi connectivity index (χ1v) is 5.86. The summed E-state index contributed by atoms with van der Waals surface area (Å²) in [5.74, 6) is -2.70. The minimum absolute atomic E-state index is 0.242. The van der Waals surface area contributed by atoms with E-state index in [9.17, 15) is 14.4 Å². The number of carbonyl (C=O) groups is 3. The van der Waals surface area contributed by atoms with Gasteiger partial charge in [-0.1, -0.05) is 0 Å². The summed E-state index contributed by atoms with van der Waals surface area (Å²) in [5, 5.41) is 25.8. The largest absolute Gasteiger partial charge is 0.481 e. The predicted octanol–water partition coefficient (Wildman–Crippen LogP) is -0.581. The Morgan fingerprint density at radius 2 is 2.10 bits per heavy atom. The van der Waals surface area contributed by atoms with Crippen molar-refractivity contribution in [1.29, 1.82) is 0 Å². The molecule has 110 valence electrons. The van der Waals surface area contributed by atoms with Crippen molar-refractivity contribution in [1.82, 2.24) is 20.4 Å². The number of urea groups is 1. The lowest BCUT2D eigenvalue weighted by Crippen LogP contribution is -2.47. The smallest absolute Gasteiger partial charge is 0.326 e. The average molecular weight is 284 g/mol. The summed E-state index contributed by atoms with van der Waals surface area (Å²) in [6.45, 7) is 2.55. The predicted molar refractivity (Wildman–Crippen MR) is 67.2 cm³/mol. The maximum absolute atomic E-state index is 11.4. The zero-order valence-electron chi connectivity index (χ0n) is 10.9. The monoisotopic (exact) mass is 284 g/mol. The lowest BCUT2D eigenvalue weighted by Gasteiger charge is -2.13. The van der Waals surface area contributed by atoms with E-state index >= 15 is 0 Å². The molecule has 0 aromatic carbocycles.